The van der Waals surface area contributed by atoms with Gasteiger partial charge in [0.15, 0.2) is 0 Å². The minimum absolute atomic E-state index is 0.104. The Morgan fingerprint density at radius 2 is 1.76 bits per heavy atom. The maximum Gasteiger partial charge on any atom is 0.241 e. The zero-order valence-corrected chi connectivity index (χ0v) is 13.3. The highest BCUT2D eigenvalue weighted by molar-refractivity contribution is 7.89. The van der Waals surface area contributed by atoms with E-state index < -0.39 is 21.9 Å². The summed E-state index contributed by atoms with van der Waals surface area (Å²) in [6.07, 6.45) is 0. The summed E-state index contributed by atoms with van der Waals surface area (Å²) < 4.78 is 40.1. The minimum atomic E-state index is -3.82. The molecule has 0 aromatic heterocycles. The Labute approximate surface area is 132 Å². The molecule has 0 aliphatic rings. The third kappa shape index (κ3) is 3.74. The molecule has 0 amide bonds. The van der Waals surface area contributed by atoms with Crippen molar-refractivity contribution in [2.45, 2.75) is 17.9 Å². The quantitative estimate of drug-likeness (QED) is 0.901. The van der Waals surface area contributed by atoms with Crippen LogP contribution in [-0.2, 0) is 10.0 Å². The second kappa shape index (κ2) is 6.32. The van der Waals surface area contributed by atoms with E-state index >= 15 is 0 Å². The smallest absolute Gasteiger partial charge is 0.207 e. The van der Waals surface area contributed by atoms with E-state index in [4.69, 9.17) is 23.2 Å². The fourth-order valence-corrected chi connectivity index (χ4v) is 3.63. The zero-order valence-electron chi connectivity index (χ0n) is 11.0. The molecule has 0 spiro atoms. The van der Waals surface area contributed by atoms with Gasteiger partial charge < -0.3 is 0 Å². The maximum absolute atomic E-state index is 13.1. The van der Waals surface area contributed by atoms with Crippen molar-refractivity contribution in [2.75, 3.05) is 0 Å². The summed E-state index contributed by atoms with van der Waals surface area (Å²) >= 11 is 11.6. The summed E-state index contributed by atoms with van der Waals surface area (Å²) in [6, 6.07) is 9.63. The van der Waals surface area contributed by atoms with Gasteiger partial charge in [-0.05, 0) is 36.8 Å². The molecular formula is C14H12Cl2FNO2S. The second-order valence-electron chi connectivity index (χ2n) is 4.44. The summed E-state index contributed by atoms with van der Waals surface area (Å²) in [4.78, 5) is -0.104. The molecule has 3 nitrogen and oxygen atoms in total. The van der Waals surface area contributed by atoms with Crippen LogP contribution >= 0.6 is 23.2 Å². The molecule has 0 saturated heterocycles. The maximum atomic E-state index is 13.1. The lowest BCUT2D eigenvalue weighted by Gasteiger charge is -2.16. The summed E-state index contributed by atoms with van der Waals surface area (Å²) in [7, 11) is -3.82. The first-order valence-corrected chi connectivity index (χ1v) is 8.27. The van der Waals surface area contributed by atoms with Crippen LogP contribution in [-0.4, -0.2) is 8.42 Å². The van der Waals surface area contributed by atoms with Crippen molar-refractivity contribution in [2.24, 2.45) is 0 Å². The molecule has 0 radical (unpaired) electrons. The van der Waals surface area contributed by atoms with E-state index in [9.17, 15) is 12.8 Å². The molecule has 1 atom stereocenters. The van der Waals surface area contributed by atoms with E-state index in [0.29, 0.717) is 10.6 Å². The van der Waals surface area contributed by atoms with Gasteiger partial charge in [-0.1, -0.05) is 41.4 Å². The van der Waals surface area contributed by atoms with Crippen LogP contribution in [0.3, 0.4) is 0 Å². The molecule has 2 rings (SSSR count). The van der Waals surface area contributed by atoms with Crippen LogP contribution in [0.5, 0.6) is 0 Å². The van der Waals surface area contributed by atoms with Crippen LogP contribution in [0.25, 0.3) is 0 Å². The molecule has 0 saturated carbocycles. The molecule has 0 bridgehead atoms. The van der Waals surface area contributed by atoms with Crippen LogP contribution in [0.15, 0.2) is 47.4 Å². The fourth-order valence-electron chi connectivity index (χ4n) is 1.83. The molecule has 2 aromatic rings. The second-order valence-corrected chi connectivity index (χ2v) is 6.97. The largest absolute Gasteiger partial charge is 0.241 e. The molecule has 2 aromatic carbocycles. The molecule has 1 N–H and O–H groups in total. The Balaban J connectivity index is 2.29. The molecule has 0 fully saturated rings. The van der Waals surface area contributed by atoms with Crippen LogP contribution in [0.2, 0.25) is 10.0 Å². The lowest BCUT2D eigenvalue weighted by molar-refractivity contribution is 0.566. The van der Waals surface area contributed by atoms with Crippen molar-refractivity contribution in [3.05, 3.63) is 63.9 Å². The first kappa shape index (κ1) is 16.2. The number of hydrogen-bond donors (Lipinski definition) is 1. The van der Waals surface area contributed by atoms with E-state index in [1.54, 1.807) is 31.2 Å². The Hall–Kier alpha value is -1.14. The van der Waals surface area contributed by atoms with Crippen molar-refractivity contribution in [1.82, 2.24) is 4.72 Å². The van der Waals surface area contributed by atoms with Crippen molar-refractivity contribution >= 4 is 33.2 Å². The van der Waals surface area contributed by atoms with Gasteiger partial charge >= 0.3 is 0 Å². The van der Waals surface area contributed by atoms with Gasteiger partial charge in [-0.3, -0.25) is 0 Å². The van der Waals surface area contributed by atoms with Crippen molar-refractivity contribution in [3.63, 3.8) is 0 Å². The van der Waals surface area contributed by atoms with Crippen LogP contribution in [0, 0.1) is 5.82 Å². The van der Waals surface area contributed by atoms with Crippen LogP contribution in [0.4, 0.5) is 4.39 Å². The summed E-state index contributed by atoms with van der Waals surface area (Å²) in [5.41, 5.74) is 0.649. The molecule has 7 heteroatoms. The highest BCUT2D eigenvalue weighted by atomic mass is 35.5. The molecule has 0 unspecified atom stereocenters. The van der Waals surface area contributed by atoms with E-state index in [1.165, 1.54) is 0 Å². The predicted octanol–water partition coefficient (Wildman–Crippen LogP) is 4.17. The third-order valence-corrected chi connectivity index (χ3v) is 5.08. The predicted molar refractivity (Wildman–Crippen MR) is 81.6 cm³/mol. The summed E-state index contributed by atoms with van der Waals surface area (Å²) in [5.74, 6) is -0.672. The van der Waals surface area contributed by atoms with Crippen LogP contribution < -0.4 is 4.72 Å². The lowest BCUT2D eigenvalue weighted by atomic mass is 10.1. The van der Waals surface area contributed by atoms with Gasteiger partial charge in [-0.15, -0.1) is 0 Å². The highest BCUT2D eigenvalue weighted by Gasteiger charge is 2.20. The van der Waals surface area contributed by atoms with Gasteiger partial charge in [0.05, 0.1) is 9.92 Å². The highest BCUT2D eigenvalue weighted by Crippen LogP contribution is 2.25. The number of halogens is 3. The first-order valence-electron chi connectivity index (χ1n) is 6.03. The molecule has 0 heterocycles. The minimum Gasteiger partial charge on any atom is -0.207 e. The first-order chi connectivity index (χ1) is 9.81. The molecule has 21 heavy (non-hydrogen) atoms. The average molecular weight is 348 g/mol. The number of hydrogen-bond acceptors (Lipinski definition) is 2. The van der Waals surface area contributed by atoms with E-state index in [-0.39, 0.29) is 9.92 Å². The molecule has 0 aliphatic heterocycles. The topological polar surface area (TPSA) is 46.2 Å². The van der Waals surface area contributed by atoms with Gasteiger partial charge in [0.1, 0.15) is 5.82 Å². The molecule has 0 aliphatic carbocycles. The van der Waals surface area contributed by atoms with Gasteiger partial charge in [0.2, 0.25) is 10.0 Å². The van der Waals surface area contributed by atoms with E-state index in [0.717, 1.165) is 18.2 Å². The summed E-state index contributed by atoms with van der Waals surface area (Å²) in [6.45, 7) is 1.67. The van der Waals surface area contributed by atoms with Crippen molar-refractivity contribution in [1.29, 1.82) is 0 Å². The molecule has 112 valence electrons. The van der Waals surface area contributed by atoms with Crippen molar-refractivity contribution in [3.8, 4) is 0 Å². The van der Waals surface area contributed by atoms with Gasteiger partial charge in [-0.25, -0.2) is 17.5 Å². The van der Waals surface area contributed by atoms with Crippen molar-refractivity contribution < 1.29 is 12.8 Å². The standard InChI is InChI=1S/C14H12Cl2FNO2S/c1-9(11-4-2-3-5-12(11)15)18-21(19,20)10-6-7-14(17)13(16)8-10/h2-9,18H,1H3/t9-/m0/s1. The monoisotopic (exact) mass is 347 g/mol. The number of sulfonamides is 1. The van der Waals surface area contributed by atoms with Gasteiger partial charge in [0.25, 0.3) is 0 Å². The van der Waals surface area contributed by atoms with Gasteiger partial charge in [0, 0.05) is 11.1 Å². The fraction of sp³-hybridized carbons (Fsp3) is 0.143. The number of nitrogens with one attached hydrogen (secondary N) is 1. The van der Waals surface area contributed by atoms with E-state index in [2.05, 4.69) is 4.72 Å². The van der Waals surface area contributed by atoms with Gasteiger partial charge in [-0.2, -0.15) is 0 Å². The van der Waals surface area contributed by atoms with E-state index in [1.807, 2.05) is 0 Å². The number of benzene rings is 2. The SMILES string of the molecule is C[C@H](NS(=O)(=O)c1ccc(F)c(Cl)c1)c1ccccc1Cl. The Morgan fingerprint density at radius 1 is 1.10 bits per heavy atom. The zero-order chi connectivity index (χ0) is 15.6. The molecular weight excluding hydrogens is 336 g/mol. The third-order valence-electron chi connectivity index (χ3n) is 2.91. The lowest BCUT2D eigenvalue weighted by Crippen LogP contribution is -2.27. The Bertz CT molecular complexity index is 765. The summed E-state index contributed by atoms with van der Waals surface area (Å²) in [5, 5.41) is 0.216. The normalized spacial score (nSPS) is 13.1. The number of rotatable bonds is 4. The average Bonchev–Trinajstić information content (AvgIpc) is 2.41. The Morgan fingerprint density at radius 3 is 2.38 bits per heavy atom. The Kier molecular flexibility index (Phi) is 4.88. The van der Waals surface area contributed by atoms with Crippen LogP contribution in [0.1, 0.15) is 18.5 Å².